The van der Waals surface area contributed by atoms with Crippen molar-refractivity contribution in [1.29, 1.82) is 0 Å². The molecule has 0 bridgehead atoms. The summed E-state index contributed by atoms with van der Waals surface area (Å²) in [5.74, 6) is 0.153. The zero-order valence-corrected chi connectivity index (χ0v) is 12.0. The summed E-state index contributed by atoms with van der Waals surface area (Å²) in [4.78, 5) is 20.6. The number of non-ortho nitro benzene ring substituents is 1. The van der Waals surface area contributed by atoms with Crippen LogP contribution in [0.1, 0.15) is 25.3 Å². The molecule has 0 heterocycles. The molecular formula is C15H14N2O5. The predicted octanol–water partition coefficient (Wildman–Crippen LogP) is 4.00. The second kappa shape index (κ2) is 5.80. The van der Waals surface area contributed by atoms with Crippen molar-refractivity contribution in [3.8, 4) is 16.9 Å². The van der Waals surface area contributed by atoms with Gasteiger partial charge in [-0.1, -0.05) is 19.9 Å². The number of rotatable bonds is 4. The Morgan fingerprint density at radius 3 is 2.23 bits per heavy atom. The van der Waals surface area contributed by atoms with Gasteiger partial charge in [-0.3, -0.25) is 20.2 Å². The quantitative estimate of drug-likeness (QED) is 0.678. The second-order valence-corrected chi connectivity index (χ2v) is 5.14. The van der Waals surface area contributed by atoms with Crippen LogP contribution in [0.15, 0.2) is 36.4 Å². The molecule has 2 rings (SSSR count). The van der Waals surface area contributed by atoms with Crippen LogP contribution < -0.4 is 0 Å². The van der Waals surface area contributed by atoms with Crippen molar-refractivity contribution in [2.75, 3.05) is 0 Å². The molecule has 22 heavy (non-hydrogen) atoms. The summed E-state index contributed by atoms with van der Waals surface area (Å²) < 4.78 is 0. The average molecular weight is 302 g/mol. The van der Waals surface area contributed by atoms with Crippen molar-refractivity contribution in [2.24, 2.45) is 0 Å². The van der Waals surface area contributed by atoms with E-state index in [9.17, 15) is 25.3 Å². The number of hydrogen-bond donors (Lipinski definition) is 1. The van der Waals surface area contributed by atoms with Crippen LogP contribution in [0.4, 0.5) is 11.4 Å². The summed E-state index contributed by atoms with van der Waals surface area (Å²) in [5, 5.41) is 31.8. The average Bonchev–Trinajstić information content (AvgIpc) is 2.46. The van der Waals surface area contributed by atoms with Gasteiger partial charge in [-0.2, -0.15) is 0 Å². The molecule has 0 aliphatic rings. The molecule has 7 heteroatoms. The molecule has 0 unspecified atom stereocenters. The van der Waals surface area contributed by atoms with Gasteiger partial charge >= 0.3 is 0 Å². The lowest BCUT2D eigenvalue weighted by atomic mass is 9.95. The van der Waals surface area contributed by atoms with Gasteiger partial charge in [-0.25, -0.2) is 0 Å². The second-order valence-electron chi connectivity index (χ2n) is 5.14. The maximum absolute atomic E-state index is 11.2. The zero-order valence-electron chi connectivity index (χ0n) is 12.0. The van der Waals surface area contributed by atoms with E-state index in [1.165, 1.54) is 18.2 Å². The lowest BCUT2D eigenvalue weighted by Crippen LogP contribution is -1.96. The Bertz CT molecular complexity index is 756. The van der Waals surface area contributed by atoms with Gasteiger partial charge in [0.1, 0.15) is 5.75 Å². The normalized spacial score (nSPS) is 10.7. The van der Waals surface area contributed by atoms with Crippen LogP contribution in [0.5, 0.6) is 5.75 Å². The molecule has 0 radical (unpaired) electrons. The number of nitro groups is 2. The standard InChI is InChI=1S/C15H14N2O5/c1-9(2)13-7-10(3-6-15(13)18)12-5-4-11(16(19)20)8-14(12)17(21)22/h3-9,18H,1-2H3. The first-order valence-electron chi connectivity index (χ1n) is 6.57. The van der Waals surface area contributed by atoms with Gasteiger partial charge in [0, 0.05) is 6.07 Å². The molecule has 0 amide bonds. The Balaban J connectivity index is 2.64. The van der Waals surface area contributed by atoms with Crippen molar-refractivity contribution < 1.29 is 15.0 Å². The smallest absolute Gasteiger partial charge is 0.284 e. The summed E-state index contributed by atoms with van der Waals surface area (Å²) in [6.07, 6.45) is 0. The summed E-state index contributed by atoms with van der Waals surface area (Å²) in [5.41, 5.74) is 0.790. The fourth-order valence-corrected chi connectivity index (χ4v) is 2.21. The van der Waals surface area contributed by atoms with Crippen molar-refractivity contribution in [2.45, 2.75) is 19.8 Å². The van der Waals surface area contributed by atoms with Crippen molar-refractivity contribution >= 4 is 11.4 Å². The third-order valence-corrected chi connectivity index (χ3v) is 3.35. The van der Waals surface area contributed by atoms with Gasteiger partial charge in [0.25, 0.3) is 11.4 Å². The molecule has 2 aromatic rings. The van der Waals surface area contributed by atoms with Crippen LogP contribution in [0.3, 0.4) is 0 Å². The molecule has 0 saturated carbocycles. The largest absolute Gasteiger partial charge is 0.508 e. The molecule has 0 atom stereocenters. The molecule has 0 aliphatic carbocycles. The van der Waals surface area contributed by atoms with E-state index in [2.05, 4.69) is 0 Å². The number of phenols is 1. The molecule has 0 spiro atoms. The van der Waals surface area contributed by atoms with E-state index >= 15 is 0 Å². The number of aromatic hydroxyl groups is 1. The van der Waals surface area contributed by atoms with Gasteiger partial charge in [-0.05, 0) is 35.2 Å². The third kappa shape index (κ3) is 2.88. The molecule has 114 valence electrons. The highest BCUT2D eigenvalue weighted by Crippen LogP contribution is 2.36. The fourth-order valence-electron chi connectivity index (χ4n) is 2.21. The van der Waals surface area contributed by atoms with Gasteiger partial charge in [-0.15, -0.1) is 0 Å². The van der Waals surface area contributed by atoms with E-state index in [0.717, 1.165) is 6.07 Å². The van der Waals surface area contributed by atoms with Crippen LogP contribution in [-0.2, 0) is 0 Å². The maximum Gasteiger partial charge on any atom is 0.284 e. The van der Waals surface area contributed by atoms with Crippen LogP contribution in [0.25, 0.3) is 11.1 Å². The van der Waals surface area contributed by atoms with Gasteiger partial charge in [0.2, 0.25) is 0 Å². The van der Waals surface area contributed by atoms with Crippen molar-refractivity contribution in [3.05, 3.63) is 62.2 Å². The Morgan fingerprint density at radius 1 is 1.00 bits per heavy atom. The van der Waals surface area contributed by atoms with Crippen LogP contribution in [-0.4, -0.2) is 15.0 Å². The van der Waals surface area contributed by atoms with Crippen LogP contribution >= 0.6 is 0 Å². The highest BCUT2D eigenvalue weighted by molar-refractivity contribution is 5.76. The fraction of sp³-hybridized carbons (Fsp3) is 0.200. The Labute approximate surface area is 126 Å². The summed E-state index contributed by atoms with van der Waals surface area (Å²) in [7, 11) is 0. The minimum atomic E-state index is -0.673. The summed E-state index contributed by atoms with van der Waals surface area (Å²) in [6.45, 7) is 3.78. The highest BCUT2D eigenvalue weighted by Gasteiger charge is 2.21. The van der Waals surface area contributed by atoms with Crippen molar-refractivity contribution in [1.82, 2.24) is 0 Å². The minimum Gasteiger partial charge on any atom is -0.508 e. The zero-order chi connectivity index (χ0) is 16.4. The lowest BCUT2D eigenvalue weighted by molar-refractivity contribution is -0.393. The van der Waals surface area contributed by atoms with E-state index in [0.29, 0.717) is 11.1 Å². The SMILES string of the molecule is CC(C)c1cc(-c2ccc([N+](=O)[O-])cc2[N+](=O)[O-])ccc1O. The summed E-state index contributed by atoms with van der Waals surface area (Å²) >= 11 is 0. The number of hydrogen-bond acceptors (Lipinski definition) is 5. The summed E-state index contributed by atoms with van der Waals surface area (Å²) in [6, 6.07) is 8.20. The highest BCUT2D eigenvalue weighted by atomic mass is 16.6. The number of benzene rings is 2. The monoisotopic (exact) mass is 302 g/mol. The third-order valence-electron chi connectivity index (χ3n) is 3.35. The first-order valence-corrected chi connectivity index (χ1v) is 6.57. The molecule has 1 N–H and O–H groups in total. The van der Waals surface area contributed by atoms with Gasteiger partial charge in [0.05, 0.1) is 21.5 Å². The Kier molecular flexibility index (Phi) is 4.07. The van der Waals surface area contributed by atoms with Crippen LogP contribution in [0, 0.1) is 20.2 Å². The van der Waals surface area contributed by atoms with E-state index in [1.54, 1.807) is 12.1 Å². The minimum absolute atomic E-state index is 0.0389. The molecule has 0 aromatic heterocycles. The van der Waals surface area contributed by atoms with Gasteiger partial charge in [0.15, 0.2) is 0 Å². The van der Waals surface area contributed by atoms with E-state index in [-0.39, 0.29) is 28.6 Å². The predicted molar refractivity (Wildman–Crippen MR) is 80.9 cm³/mol. The van der Waals surface area contributed by atoms with E-state index in [4.69, 9.17) is 0 Å². The molecular weight excluding hydrogens is 288 g/mol. The number of phenolic OH excluding ortho intramolecular Hbond substituents is 1. The number of nitro benzene ring substituents is 2. The number of nitrogens with zero attached hydrogens (tertiary/aromatic N) is 2. The molecule has 0 fully saturated rings. The molecule has 2 aromatic carbocycles. The molecule has 7 nitrogen and oxygen atoms in total. The molecule has 0 aliphatic heterocycles. The Hall–Kier alpha value is -2.96. The first kappa shape index (κ1) is 15.4. The van der Waals surface area contributed by atoms with Gasteiger partial charge < -0.3 is 5.11 Å². The van der Waals surface area contributed by atoms with E-state index < -0.39 is 9.85 Å². The topological polar surface area (TPSA) is 107 Å². The van der Waals surface area contributed by atoms with E-state index in [1.807, 2.05) is 13.8 Å². The lowest BCUT2D eigenvalue weighted by Gasteiger charge is -2.11. The maximum atomic E-state index is 11.2. The Morgan fingerprint density at radius 2 is 1.68 bits per heavy atom. The molecule has 0 saturated heterocycles. The van der Waals surface area contributed by atoms with Crippen molar-refractivity contribution in [3.63, 3.8) is 0 Å². The first-order chi connectivity index (χ1) is 10.3. The van der Waals surface area contributed by atoms with Crippen LogP contribution in [0.2, 0.25) is 0 Å².